The number of aromatic nitrogens is 2. The van der Waals surface area contributed by atoms with Crippen LogP contribution in [0.2, 0.25) is 0 Å². The van der Waals surface area contributed by atoms with Crippen molar-refractivity contribution in [3.8, 4) is 11.5 Å². The van der Waals surface area contributed by atoms with Gasteiger partial charge in [0.15, 0.2) is 0 Å². The Morgan fingerprint density at radius 2 is 1.72 bits per heavy atom. The number of para-hydroxylation sites is 1. The van der Waals surface area contributed by atoms with Gasteiger partial charge in [-0.1, -0.05) is 18.2 Å². The Balaban J connectivity index is 1.28. The number of rotatable bonds is 8. The van der Waals surface area contributed by atoms with E-state index in [1.165, 1.54) is 19.2 Å². The van der Waals surface area contributed by atoms with Crippen LogP contribution in [-0.4, -0.2) is 74.5 Å². The van der Waals surface area contributed by atoms with Crippen LogP contribution in [0.3, 0.4) is 0 Å². The predicted octanol–water partition coefficient (Wildman–Crippen LogP) is 3.41. The highest BCUT2D eigenvalue weighted by molar-refractivity contribution is 7.93. The van der Waals surface area contributed by atoms with Crippen LogP contribution in [0.1, 0.15) is 15.9 Å². The standard InChI is InChI=1S/C28H29N5O5S/c1-37-24-10-12-29-18-21(24)19-32-13-15-33(16-14-32)28(34)23-9-8-22(17-25(23)38-2)31-39(35,36)26-7-3-5-20-6-4-11-30-27(20)26/h3-12,17-18,31H,13-16,19H2,1-2H3. The summed E-state index contributed by atoms with van der Waals surface area (Å²) in [5, 5.41) is 0.721. The van der Waals surface area contributed by atoms with Gasteiger partial charge in [-0.2, -0.15) is 0 Å². The third-order valence-electron chi connectivity index (χ3n) is 6.70. The molecule has 1 fully saturated rings. The molecule has 5 rings (SSSR count). The van der Waals surface area contributed by atoms with Crippen molar-refractivity contribution in [2.75, 3.05) is 45.1 Å². The molecule has 1 saturated heterocycles. The van der Waals surface area contributed by atoms with Crippen molar-refractivity contribution in [3.63, 3.8) is 0 Å². The van der Waals surface area contributed by atoms with Crippen LogP contribution < -0.4 is 14.2 Å². The second-order valence-electron chi connectivity index (χ2n) is 9.11. The van der Waals surface area contributed by atoms with Crippen LogP contribution in [0.5, 0.6) is 11.5 Å². The quantitative estimate of drug-likeness (QED) is 0.357. The molecule has 0 unspecified atom stereocenters. The second-order valence-corrected chi connectivity index (χ2v) is 10.8. The zero-order chi connectivity index (χ0) is 27.4. The molecule has 0 radical (unpaired) electrons. The van der Waals surface area contributed by atoms with Crippen LogP contribution >= 0.6 is 0 Å². The number of amides is 1. The van der Waals surface area contributed by atoms with Crippen molar-refractivity contribution in [3.05, 3.63) is 84.3 Å². The van der Waals surface area contributed by atoms with Crippen molar-refractivity contribution < 1.29 is 22.7 Å². The number of ether oxygens (including phenoxy) is 2. The van der Waals surface area contributed by atoms with E-state index >= 15 is 0 Å². The number of fused-ring (bicyclic) bond motifs is 1. The molecule has 39 heavy (non-hydrogen) atoms. The average molecular weight is 548 g/mol. The number of nitrogens with zero attached hydrogens (tertiary/aromatic N) is 4. The highest BCUT2D eigenvalue weighted by Gasteiger charge is 2.26. The van der Waals surface area contributed by atoms with Gasteiger partial charge in [0.05, 0.1) is 31.0 Å². The summed E-state index contributed by atoms with van der Waals surface area (Å²) in [6, 6.07) is 15.1. The van der Waals surface area contributed by atoms with Crippen LogP contribution in [0.4, 0.5) is 5.69 Å². The van der Waals surface area contributed by atoms with Crippen molar-refractivity contribution in [2.45, 2.75) is 11.4 Å². The van der Waals surface area contributed by atoms with Gasteiger partial charge in [-0.15, -0.1) is 0 Å². The monoisotopic (exact) mass is 547 g/mol. The fourth-order valence-corrected chi connectivity index (χ4v) is 5.92. The molecule has 0 aliphatic carbocycles. The molecule has 4 aromatic rings. The van der Waals surface area contributed by atoms with Gasteiger partial charge in [0.1, 0.15) is 16.4 Å². The van der Waals surface area contributed by atoms with Crippen molar-refractivity contribution in [2.24, 2.45) is 0 Å². The molecule has 11 heteroatoms. The second kappa shape index (κ2) is 11.3. The Bertz CT molecular complexity index is 1600. The number of pyridine rings is 2. The van der Waals surface area contributed by atoms with Gasteiger partial charge in [-0.3, -0.25) is 24.4 Å². The Kier molecular flexibility index (Phi) is 7.62. The Morgan fingerprint density at radius 1 is 0.949 bits per heavy atom. The van der Waals surface area contributed by atoms with E-state index in [2.05, 4.69) is 19.6 Å². The smallest absolute Gasteiger partial charge is 0.264 e. The predicted molar refractivity (Wildman–Crippen MR) is 148 cm³/mol. The lowest BCUT2D eigenvalue weighted by atomic mass is 10.1. The molecule has 2 aromatic heterocycles. The van der Waals surface area contributed by atoms with E-state index in [0.29, 0.717) is 49.6 Å². The maximum Gasteiger partial charge on any atom is 0.264 e. The zero-order valence-electron chi connectivity index (χ0n) is 21.7. The zero-order valence-corrected chi connectivity index (χ0v) is 22.5. The summed E-state index contributed by atoms with van der Waals surface area (Å²) in [4.78, 5) is 25.9. The van der Waals surface area contributed by atoms with Gasteiger partial charge in [0.25, 0.3) is 15.9 Å². The van der Waals surface area contributed by atoms with Gasteiger partial charge in [-0.25, -0.2) is 8.42 Å². The highest BCUT2D eigenvalue weighted by Crippen LogP contribution is 2.28. The molecule has 202 valence electrons. The van der Waals surface area contributed by atoms with Crippen molar-refractivity contribution in [1.29, 1.82) is 0 Å². The first-order valence-electron chi connectivity index (χ1n) is 12.4. The van der Waals surface area contributed by atoms with Crippen LogP contribution in [-0.2, 0) is 16.6 Å². The van der Waals surface area contributed by atoms with Crippen molar-refractivity contribution >= 4 is 32.5 Å². The summed E-state index contributed by atoms with van der Waals surface area (Å²) in [5.41, 5.74) is 2.03. The van der Waals surface area contributed by atoms with Gasteiger partial charge < -0.3 is 14.4 Å². The molecular formula is C28H29N5O5S. The highest BCUT2D eigenvalue weighted by atomic mass is 32.2. The summed E-state index contributed by atoms with van der Waals surface area (Å²) < 4.78 is 39.9. The van der Waals surface area contributed by atoms with Crippen LogP contribution in [0, 0.1) is 0 Å². The Morgan fingerprint density at radius 3 is 2.49 bits per heavy atom. The number of nitrogens with one attached hydrogen (secondary N) is 1. The van der Waals surface area contributed by atoms with Crippen LogP contribution in [0.15, 0.2) is 78.1 Å². The molecule has 0 spiro atoms. The molecular weight excluding hydrogens is 518 g/mol. The Hall–Kier alpha value is -4.22. The molecule has 2 aromatic carbocycles. The minimum absolute atomic E-state index is 0.0708. The summed E-state index contributed by atoms with van der Waals surface area (Å²) in [6.07, 6.45) is 5.05. The molecule has 1 aliphatic heterocycles. The number of carbonyl (C=O) groups excluding carboxylic acids is 1. The van der Waals surface area contributed by atoms with Gasteiger partial charge in [0.2, 0.25) is 0 Å². The summed E-state index contributed by atoms with van der Waals surface area (Å²) in [5.74, 6) is 0.914. The van der Waals surface area contributed by atoms with Crippen LogP contribution in [0.25, 0.3) is 10.9 Å². The lowest BCUT2D eigenvalue weighted by molar-refractivity contribution is 0.0624. The maximum absolute atomic E-state index is 13.4. The normalized spacial score (nSPS) is 14.3. The van der Waals surface area contributed by atoms with E-state index in [-0.39, 0.29) is 16.5 Å². The SMILES string of the molecule is COc1ccncc1CN1CCN(C(=O)c2ccc(NS(=O)(=O)c3cccc4cccnc34)cc2OC)CC1. The Labute approximate surface area is 227 Å². The van der Waals surface area contributed by atoms with E-state index in [1.807, 2.05) is 6.07 Å². The number of anilines is 1. The maximum atomic E-state index is 13.4. The number of methoxy groups -OCH3 is 2. The third-order valence-corrected chi connectivity index (χ3v) is 8.11. The topological polar surface area (TPSA) is 114 Å². The number of carbonyl (C=O) groups is 1. The summed E-state index contributed by atoms with van der Waals surface area (Å²) in [6.45, 7) is 3.18. The number of piperazine rings is 1. The van der Waals surface area contributed by atoms with Gasteiger partial charge in [0, 0.05) is 68.3 Å². The summed E-state index contributed by atoms with van der Waals surface area (Å²) in [7, 11) is -0.843. The third kappa shape index (κ3) is 5.64. The molecule has 1 aliphatic rings. The van der Waals surface area contributed by atoms with E-state index < -0.39 is 10.0 Å². The van der Waals surface area contributed by atoms with Crippen molar-refractivity contribution in [1.82, 2.24) is 19.8 Å². The first-order chi connectivity index (χ1) is 18.9. The molecule has 0 atom stereocenters. The lowest BCUT2D eigenvalue weighted by Gasteiger charge is -2.35. The molecule has 0 bridgehead atoms. The number of benzene rings is 2. The average Bonchev–Trinajstić information content (AvgIpc) is 2.97. The fourth-order valence-electron chi connectivity index (χ4n) is 4.69. The summed E-state index contributed by atoms with van der Waals surface area (Å²) >= 11 is 0. The van der Waals surface area contributed by atoms with E-state index in [4.69, 9.17) is 9.47 Å². The van der Waals surface area contributed by atoms with Gasteiger partial charge in [-0.05, 0) is 30.3 Å². The molecule has 0 saturated carbocycles. The first-order valence-corrected chi connectivity index (χ1v) is 13.9. The van der Waals surface area contributed by atoms with Gasteiger partial charge >= 0.3 is 0 Å². The van der Waals surface area contributed by atoms with E-state index in [9.17, 15) is 13.2 Å². The number of hydrogen-bond donors (Lipinski definition) is 1. The number of sulfonamides is 1. The van der Waals surface area contributed by atoms with E-state index in [0.717, 1.165) is 16.7 Å². The largest absolute Gasteiger partial charge is 0.496 e. The first kappa shape index (κ1) is 26.4. The number of hydrogen-bond acceptors (Lipinski definition) is 8. The van der Waals surface area contributed by atoms with E-state index in [1.54, 1.807) is 67.0 Å². The lowest BCUT2D eigenvalue weighted by Crippen LogP contribution is -2.48. The minimum Gasteiger partial charge on any atom is -0.496 e. The molecule has 3 heterocycles. The molecule has 10 nitrogen and oxygen atoms in total. The molecule has 1 amide bonds. The minimum atomic E-state index is -3.94. The fraction of sp³-hybridized carbons (Fsp3) is 0.250. The molecule has 1 N–H and O–H groups in total.